The Hall–Kier alpha value is -1.45. The van der Waals surface area contributed by atoms with Gasteiger partial charge >= 0.3 is 0 Å². The first kappa shape index (κ1) is 10.7. The predicted molar refractivity (Wildman–Crippen MR) is 59.3 cm³/mol. The van der Waals surface area contributed by atoms with Gasteiger partial charge in [-0.3, -0.25) is 4.79 Å². The van der Waals surface area contributed by atoms with Crippen LogP contribution in [-0.2, 0) is 4.79 Å². The molecule has 4 heteroatoms. The minimum atomic E-state index is -0.982. The van der Waals surface area contributed by atoms with Crippen LogP contribution in [0.4, 0.5) is 14.5 Å². The van der Waals surface area contributed by atoms with Gasteiger partial charge in [0.1, 0.15) is 0 Å². The van der Waals surface area contributed by atoms with E-state index in [0.29, 0.717) is 11.8 Å². The molecule has 1 aromatic rings. The SMILES string of the molecule is O=C(Nc1cccc(F)c1F)C1CC2CC2C1. The van der Waals surface area contributed by atoms with Gasteiger partial charge in [0.15, 0.2) is 11.6 Å². The van der Waals surface area contributed by atoms with Crippen LogP contribution < -0.4 is 5.32 Å². The van der Waals surface area contributed by atoms with Crippen LogP contribution in [0.5, 0.6) is 0 Å². The average Bonchev–Trinajstić information content (AvgIpc) is 2.92. The molecule has 2 saturated carbocycles. The normalized spacial score (nSPS) is 29.9. The molecular weight excluding hydrogens is 224 g/mol. The van der Waals surface area contributed by atoms with Gasteiger partial charge in [-0.15, -0.1) is 0 Å². The Morgan fingerprint density at radius 1 is 1.18 bits per heavy atom. The van der Waals surface area contributed by atoms with E-state index in [9.17, 15) is 13.6 Å². The summed E-state index contributed by atoms with van der Waals surface area (Å²) >= 11 is 0. The maximum Gasteiger partial charge on any atom is 0.227 e. The molecule has 17 heavy (non-hydrogen) atoms. The number of amides is 1. The number of fused-ring (bicyclic) bond motifs is 1. The highest BCUT2D eigenvalue weighted by Crippen LogP contribution is 2.54. The fraction of sp³-hybridized carbons (Fsp3) is 0.462. The van der Waals surface area contributed by atoms with Gasteiger partial charge in [-0.1, -0.05) is 6.07 Å². The van der Waals surface area contributed by atoms with E-state index in [0.717, 1.165) is 18.9 Å². The van der Waals surface area contributed by atoms with Crippen LogP contribution in [-0.4, -0.2) is 5.91 Å². The molecule has 1 amide bonds. The summed E-state index contributed by atoms with van der Waals surface area (Å²) in [5.74, 6) is -0.726. The lowest BCUT2D eigenvalue weighted by molar-refractivity contribution is -0.120. The highest BCUT2D eigenvalue weighted by atomic mass is 19.2. The molecule has 2 unspecified atom stereocenters. The van der Waals surface area contributed by atoms with Gasteiger partial charge in [0.25, 0.3) is 0 Å². The number of hydrogen-bond donors (Lipinski definition) is 1. The number of benzene rings is 1. The smallest absolute Gasteiger partial charge is 0.227 e. The number of anilines is 1. The summed E-state index contributed by atoms with van der Waals surface area (Å²) in [5.41, 5.74) is -0.0597. The van der Waals surface area contributed by atoms with E-state index in [1.165, 1.54) is 18.6 Å². The van der Waals surface area contributed by atoms with Crippen LogP contribution in [0.25, 0.3) is 0 Å². The molecule has 3 rings (SSSR count). The van der Waals surface area contributed by atoms with Crippen molar-refractivity contribution in [1.29, 1.82) is 0 Å². The summed E-state index contributed by atoms with van der Waals surface area (Å²) in [6.07, 6.45) is 3.03. The van der Waals surface area contributed by atoms with Crippen LogP contribution in [0.3, 0.4) is 0 Å². The van der Waals surface area contributed by atoms with Crippen molar-refractivity contribution < 1.29 is 13.6 Å². The van der Waals surface area contributed by atoms with Crippen molar-refractivity contribution in [3.05, 3.63) is 29.8 Å². The van der Waals surface area contributed by atoms with Gasteiger partial charge in [0.2, 0.25) is 5.91 Å². The summed E-state index contributed by atoms with van der Waals surface area (Å²) in [7, 11) is 0. The summed E-state index contributed by atoms with van der Waals surface area (Å²) in [4.78, 5) is 11.8. The maximum absolute atomic E-state index is 13.3. The van der Waals surface area contributed by atoms with Gasteiger partial charge in [-0.25, -0.2) is 8.78 Å². The van der Waals surface area contributed by atoms with Gasteiger partial charge in [0.05, 0.1) is 5.69 Å². The Bertz CT molecular complexity index is 464. The molecule has 0 heterocycles. The second-order valence-corrected chi connectivity index (χ2v) is 5.01. The van der Waals surface area contributed by atoms with Crippen molar-refractivity contribution in [1.82, 2.24) is 0 Å². The number of carbonyl (C=O) groups is 1. The summed E-state index contributed by atoms with van der Waals surface area (Å²) < 4.78 is 26.3. The Morgan fingerprint density at radius 2 is 1.88 bits per heavy atom. The van der Waals surface area contributed by atoms with Crippen molar-refractivity contribution in [3.63, 3.8) is 0 Å². The first-order valence-corrected chi connectivity index (χ1v) is 5.90. The molecule has 2 aliphatic rings. The highest BCUT2D eigenvalue weighted by Gasteiger charge is 2.48. The van der Waals surface area contributed by atoms with Gasteiger partial charge < -0.3 is 5.32 Å². The minimum Gasteiger partial charge on any atom is -0.323 e. The van der Waals surface area contributed by atoms with Crippen molar-refractivity contribution in [2.75, 3.05) is 5.32 Å². The molecule has 1 aromatic carbocycles. The minimum absolute atomic E-state index is 0.0265. The Labute approximate surface area is 98.0 Å². The van der Waals surface area contributed by atoms with E-state index < -0.39 is 11.6 Å². The maximum atomic E-state index is 13.3. The lowest BCUT2D eigenvalue weighted by Gasteiger charge is -2.12. The van der Waals surface area contributed by atoms with Crippen LogP contribution >= 0.6 is 0 Å². The Morgan fingerprint density at radius 3 is 2.59 bits per heavy atom. The molecule has 90 valence electrons. The molecule has 0 spiro atoms. The molecule has 2 atom stereocenters. The topological polar surface area (TPSA) is 29.1 Å². The monoisotopic (exact) mass is 237 g/mol. The molecule has 2 fully saturated rings. The van der Waals surface area contributed by atoms with E-state index in [2.05, 4.69) is 5.32 Å². The highest BCUT2D eigenvalue weighted by molar-refractivity contribution is 5.93. The zero-order chi connectivity index (χ0) is 12.0. The quantitative estimate of drug-likeness (QED) is 0.841. The summed E-state index contributed by atoms with van der Waals surface area (Å²) in [6.45, 7) is 0. The molecular formula is C13H13F2NO. The third kappa shape index (κ3) is 1.92. The molecule has 0 aliphatic heterocycles. The van der Waals surface area contributed by atoms with E-state index in [1.54, 1.807) is 0 Å². The summed E-state index contributed by atoms with van der Waals surface area (Å²) in [5, 5.41) is 2.48. The largest absolute Gasteiger partial charge is 0.323 e. The van der Waals surface area contributed by atoms with E-state index >= 15 is 0 Å². The van der Waals surface area contributed by atoms with E-state index in [-0.39, 0.29) is 17.5 Å². The lowest BCUT2D eigenvalue weighted by atomic mass is 10.0. The van der Waals surface area contributed by atoms with Gasteiger partial charge in [-0.2, -0.15) is 0 Å². The lowest BCUT2D eigenvalue weighted by Crippen LogP contribution is -2.22. The Kier molecular flexibility index (Phi) is 2.38. The van der Waals surface area contributed by atoms with Crippen LogP contribution in [0, 0.1) is 29.4 Å². The van der Waals surface area contributed by atoms with E-state index in [4.69, 9.17) is 0 Å². The van der Waals surface area contributed by atoms with Crippen molar-refractivity contribution in [2.45, 2.75) is 19.3 Å². The number of carbonyl (C=O) groups excluding carboxylic acids is 1. The second kappa shape index (κ2) is 3.79. The number of nitrogens with one attached hydrogen (secondary N) is 1. The van der Waals surface area contributed by atoms with Gasteiger partial charge in [-0.05, 0) is 43.2 Å². The number of rotatable bonds is 2. The molecule has 2 nitrogen and oxygen atoms in total. The molecule has 1 N–H and O–H groups in total. The van der Waals surface area contributed by atoms with Gasteiger partial charge in [0, 0.05) is 5.92 Å². The third-order valence-corrected chi connectivity index (χ3v) is 3.82. The molecule has 0 radical (unpaired) electrons. The predicted octanol–water partition coefficient (Wildman–Crippen LogP) is 2.95. The average molecular weight is 237 g/mol. The zero-order valence-electron chi connectivity index (χ0n) is 9.25. The second-order valence-electron chi connectivity index (χ2n) is 5.01. The summed E-state index contributed by atoms with van der Waals surface area (Å²) in [6, 6.07) is 3.81. The first-order chi connectivity index (χ1) is 8.15. The van der Waals surface area contributed by atoms with Crippen LogP contribution in [0.15, 0.2) is 18.2 Å². The van der Waals surface area contributed by atoms with Crippen molar-refractivity contribution in [3.8, 4) is 0 Å². The van der Waals surface area contributed by atoms with Crippen molar-refractivity contribution in [2.24, 2.45) is 17.8 Å². The number of halogens is 2. The van der Waals surface area contributed by atoms with E-state index in [1.807, 2.05) is 0 Å². The van der Waals surface area contributed by atoms with Crippen molar-refractivity contribution >= 4 is 11.6 Å². The molecule has 0 saturated heterocycles. The Balaban J connectivity index is 1.69. The molecule has 0 bridgehead atoms. The van der Waals surface area contributed by atoms with Crippen LogP contribution in [0.2, 0.25) is 0 Å². The zero-order valence-corrected chi connectivity index (χ0v) is 9.25. The molecule has 2 aliphatic carbocycles. The van der Waals surface area contributed by atoms with Crippen LogP contribution in [0.1, 0.15) is 19.3 Å². The standard InChI is InChI=1S/C13H13F2NO/c14-10-2-1-3-11(12(10)15)16-13(17)9-5-7-4-8(7)6-9/h1-3,7-9H,4-6H2,(H,16,17). The third-order valence-electron chi connectivity index (χ3n) is 3.82. The fourth-order valence-electron chi connectivity index (χ4n) is 2.76. The first-order valence-electron chi connectivity index (χ1n) is 5.90. The number of hydrogen-bond acceptors (Lipinski definition) is 1. The molecule has 0 aromatic heterocycles. The fourth-order valence-corrected chi connectivity index (χ4v) is 2.76.